The predicted octanol–water partition coefficient (Wildman–Crippen LogP) is 2.31. The molecule has 1 aliphatic rings. The number of aliphatic hydroxyl groups is 1. The fraction of sp³-hybridized carbons (Fsp3) is 0.190. The van der Waals surface area contributed by atoms with Crippen molar-refractivity contribution in [2.45, 2.75) is 12.2 Å². The third-order valence-electron chi connectivity index (χ3n) is 4.88. The first-order valence-electron chi connectivity index (χ1n) is 9.26. The first kappa shape index (κ1) is 20.3. The smallest absolute Gasteiger partial charge is 0.259 e. The number of hydrogen-bond donors (Lipinski definition) is 3. The highest BCUT2D eigenvalue weighted by Crippen LogP contribution is 2.24. The average molecular weight is 471 g/mol. The maximum absolute atomic E-state index is 12.8. The number of benzene rings is 2. The van der Waals surface area contributed by atoms with E-state index >= 15 is 0 Å². The minimum atomic E-state index is -1.66. The van der Waals surface area contributed by atoms with E-state index in [1.54, 1.807) is 42.6 Å². The van der Waals surface area contributed by atoms with E-state index < -0.39 is 24.0 Å². The maximum atomic E-state index is 12.8. The topological polar surface area (TPSA) is 118 Å². The van der Waals surface area contributed by atoms with Crippen LogP contribution in [0, 0.1) is 0 Å². The van der Waals surface area contributed by atoms with Crippen LogP contribution in [0.5, 0.6) is 0 Å². The van der Waals surface area contributed by atoms with Crippen LogP contribution < -0.4 is 16.0 Å². The van der Waals surface area contributed by atoms with Gasteiger partial charge in [0.1, 0.15) is 5.82 Å². The quantitative estimate of drug-likeness (QED) is 0.538. The van der Waals surface area contributed by atoms with E-state index in [0.29, 0.717) is 23.7 Å². The van der Waals surface area contributed by atoms with Crippen LogP contribution in [0.4, 0.5) is 17.2 Å². The van der Waals surface area contributed by atoms with Gasteiger partial charge in [-0.1, -0.05) is 15.9 Å². The van der Waals surface area contributed by atoms with Gasteiger partial charge >= 0.3 is 0 Å². The summed E-state index contributed by atoms with van der Waals surface area (Å²) in [5.41, 5.74) is 6.97. The highest BCUT2D eigenvalue weighted by atomic mass is 79.9. The summed E-state index contributed by atoms with van der Waals surface area (Å²) in [5, 5.41) is 14.7. The molecule has 154 valence electrons. The van der Waals surface area contributed by atoms with E-state index in [1.165, 1.54) is 4.90 Å². The number of aliphatic hydroxyl groups excluding tert-OH is 1. The molecule has 4 N–H and O–H groups in total. The maximum Gasteiger partial charge on any atom is 0.259 e. The molecule has 1 fully saturated rings. The third kappa shape index (κ3) is 4.00. The zero-order chi connectivity index (χ0) is 21.3. The number of ether oxygens (including phenoxy) is 1. The molecule has 4 rings (SSSR count). The summed E-state index contributed by atoms with van der Waals surface area (Å²) in [7, 11) is 0. The number of rotatable bonds is 4. The Hall–Kier alpha value is -3.01. The standard InChI is InChI=1S/C21H19BrN4O4/c22-13-1-4-15(5-2-13)26-9-10-30-18(21(26)29)17(27)20(28)25-14-3-6-16-12(11-14)7-8-24-19(16)23/h1-8,11,17-18,27H,9-10H2,(H2,23,24)(H,25,28)/t17?,18-/m1/s1. The number of carbonyl (C=O) groups excluding carboxylic acids is 2. The Morgan fingerprint density at radius 2 is 2.03 bits per heavy atom. The fourth-order valence-corrected chi connectivity index (χ4v) is 3.61. The van der Waals surface area contributed by atoms with Gasteiger partial charge in [-0.15, -0.1) is 0 Å². The third-order valence-corrected chi connectivity index (χ3v) is 5.41. The lowest BCUT2D eigenvalue weighted by Crippen LogP contribution is -2.55. The Kier molecular flexibility index (Phi) is 5.67. The minimum absolute atomic E-state index is 0.207. The first-order chi connectivity index (χ1) is 14.4. The number of nitrogens with zero attached hydrogens (tertiary/aromatic N) is 2. The van der Waals surface area contributed by atoms with Crippen LogP contribution in [0.1, 0.15) is 0 Å². The molecule has 3 aromatic rings. The summed E-state index contributed by atoms with van der Waals surface area (Å²) in [5.74, 6) is -0.810. The van der Waals surface area contributed by atoms with Gasteiger partial charge in [0, 0.05) is 34.0 Å². The molecular weight excluding hydrogens is 452 g/mol. The number of fused-ring (bicyclic) bond motifs is 1. The molecule has 0 spiro atoms. The molecule has 1 aromatic heterocycles. The molecule has 2 heterocycles. The number of nitrogen functional groups attached to an aromatic ring is 1. The number of aromatic nitrogens is 1. The summed E-state index contributed by atoms with van der Waals surface area (Å²) in [6, 6.07) is 14.1. The fourth-order valence-electron chi connectivity index (χ4n) is 3.34. The molecule has 2 atom stereocenters. The van der Waals surface area contributed by atoms with E-state index in [9.17, 15) is 14.7 Å². The second-order valence-electron chi connectivity index (χ2n) is 6.82. The zero-order valence-electron chi connectivity index (χ0n) is 15.8. The molecule has 0 saturated carbocycles. The summed E-state index contributed by atoms with van der Waals surface area (Å²) in [6.07, 6.45) is -1.37. The van der Waals surface area contributed by atoms with Crippen molar-refractivity contribution in [3.8, 4) is 0 Å². The molecule has 1 saturated heterocycles. The van der Waals surface area contributed by atoms with Crippen LogP contribution in [-0.2, 0) is 14.3 Å². The minimum Gasteiger partial charge on any atom is -0.383 e. The summed E-state index contributed by atoms with van der Waals surface area (Å²) in [6.45, 7) is 0.546. The highest BCUT2D eigenvalue weighted by Gasteiger charge is 2.39. The predicted molar refractivity (Wildman–Crippen MR) is 117 cm³/mol. The number of morpholine rings is 1. The lowest BCUT2D eigenvalue weighted by molar-refractivity contribution is -0.150. The van der Waals surface area contributed by atoms with Crippen molar-refractivity contribution in [1.29, 1.82) is 0 Å². The Morgan fingerprint density at radius 1 is 1.27 bits per heavy atom. The van der Waals surface area contributed by atoms with Crippen molar-refractivity contribution in [3.63, 3.8) is 0 Å². The van der Waals surface area contributed by atoms with Crippen LogP contribution in [0.2, 0.25) is 0 Å². The summed E-state index contributed by atoms with van der Waals surface area (Å²) in [4.78, 5) is 31.0. The molecule has 0 bridgehead atoms. The molecule has 1 unspecified atom stereocenters. The second-order valence-corrected chi connectivity index (χ2v) is 7.74. The van der Waals surface area contributed by atoms with Gasteiger partial charge in [0.25, 0.3) is 11.8 Å². The Bertz CT molecular complexity index is 1110. The molecule has 0 radical (unpaired) electrons. The first-order valence-corrected chi connectivity index (χ1v) is 10.0. The number of amides is 2. The molecule has 2 amide bonds. The van der Waals surface area contributed by atoms with Gasteiger partial charge in [-0.05, 0) is 53.9 Å². The van der Waals surface area contributed by atoms with Gasteiger partial charge in [0.15, 0.2) is 12.2 Å². The van der Waals surface area contributed by atoms with E-state index in [1.807, 2.05) is 12.1 Å². The Balaban J connectivity index is 1.49. The molecule has 1 aliphatic heterocycles. The number of hydrogen-bond acceptors (Lipinski definition) is 6. The van der Waals surface area contributed by atoms with Crippen molar-refractivity contribution in [2.75, 3.05) is 29.1 Å². The normalized spacial score (nSPS) is 17.7. The number of pyridine rings is 1. The van der Waals surface area contributed by atoms with E-state index in [-0.39, 0.29) is 6.61 Å². The largest absolute Gasteiger partial charge is 0.383 e. The monoisotopic (exact) mass is 470 g/mol. The van der Waals surface area contributed by atoms with E-state index in [0.717, 1.165) is 15.2 Å². The Morgan fingerprint density at radius 3 is 2.80 bits per heavy atom. The number of carbonyl (C=O) groups is 2. The van der Waals surface area contributed by atoms with Crippen LogP contribution in [0.3, 0.4) is 0 Å². The number of anilines is 3. The van der Waals surface area contributed by atoms with Crippen molar-refractivity contribution < 1.29 is 19.4 Å². The van der Waals surface area contributed by atoms with Gasteiger partial charge in [-0.2, -0.15) is 0 Å². The van der Waals surface area contributed by atoms with Crippen LogP contribution in [-0.4, -0.2) is 47.3 Å². The molecule has 8 nitrogen and oxygen atoms in total. The van der Waals surface area contributed by atoms with E-state index in [4.69, 9.17) is 10.5 Å². The van der Waals surface area contributed by atoms with Gasteiger partial charge in [0.2, 0.25) is 0 Å². The van der Waals surface area contributed by atoms with Gasteiger partial charge < -0.3 is 25.8 Å². The summed E-state index contributed by atoms with van der Waals surface area (Å²) < 4.78 is 6.32. The van der Waals surface area contributed by atoms with Gasteiger partial charge in [-0.3, -0.25) is 9.59 Å². The molecular formula is C21H19BrN4O4. The van der Waals surface area contributed by atoms with Gasteiger partial charge in [-0.25, -0.2) is 4.98 Å². The average Bonchev–Trinajstić information content (AvgIpc) is 2.74. The molecule has 0 aliphatic carbocycles. The lowest BCUT2D eigenvalue weighted by atomic mass is 10.1. The summed E-state index contributed by atoms with van der Waals surface area (Å²) >= 11 is 3.36. The van der Waals surface area contributed by atoms with Crippen molar-refractivity contribution >= 4 is 55.7 Å². The zero-order valence-corrected chi connectivity index (χ0v) is 17.4. The number of halogens is 1. The van der Waals surface area contributed by atoms with Crippen molar-refractivity contribution in [1.82, 2.24) is 4.98 Å². The van der Waals surface area contributed by atoms with Crippen LogP contribution >= 0.6 is 15.9 Å². The highest BCUT2D eigenvalue weighted by molar-refractivity contribution is 9.10. The van der Waals surface area contributed by atoms with Gasteiger partial charge in [0.05, 0.1) is 6.61 Å². The second kappa shape index (κ2) is 8.39. The lowest BCUT2D eigenvalue weighted by Gasteiger charge is -2.34. The molecule has 9 heteroatoms. The molecule has 30 heavy (non-hydrogen) atoms. The number of nitrogens with two attached hydrogens (primary N) is 1. The van der Waals surface area contributed by atoms with Crippen LogP contribution in [0.25, 0.3) is 10.8 Å². The van der Waals surface area contributed by atoms with E-state index in [2.05, 4.69) is 26.2 Å². The van der Waals surface area contributed by atoms with Crippen LogP contribution in [0.15, 0.2) is 59.2 Å². The van der Waals surface area contributed by atoms with Crippen molar-refractivity contribution in [2.24, 2.45) is 0 Å². The molecule has 2 aromatic carbocycles. The number of nitrogens with one attached hydrogen (secondary N) is 1. The van der Waals surface area contributed by atoms with Crippen molar-refractivity contribution in [3.05, 3.63) is 59.2 Å². The SMILES string of the molecule is Nc1nccc2cc(NC(=O)C(O)[C@H]3OCCN(c4ccc(Br)cc4)C3=O)ccc12. The Labute approximate surface area is 180 Å².